The first-order chi connectivity index (χ1) is 18.7. The van der Waals surface area contributed by atoms with E-state index in [4.69, 9.17) is 9.47 Å². The number of halogens is 2. The van der Waals surface area contributed by atoms with Gasteiger partial charge in [0.25, 0.3) is 0 Å². The first-order valence-corrected chi connectivity index (χ1v) is 11.9. The SMILES string of the molecule is Cc1nc(N=NCc2ccc(OC3OC(CO)C(O)C(O)C3O)cc2)c2cnn(-c3ccc(F)cc3F)c2n1. The van der Waals surface area contributed by atoms with Crippen LogP contribution in [0.3, 0.4) is 0 Å². The Labute approximate surface area is 219 Å². The van der Waals surface area contributed by atoms with Gasteiger partial charge in [-0.2, -0.15) is 10.2 Å². The quantitative estimate of drug-likeness (QED) is 0.255. The summed E-state index contributed by atoms with van der Waals surface area (Å²) >= 11 is 0. The Bertz CT molecular complexity index is 1500. The molecule has 12 nitrogen and oxygen atoms in total. The maximum absolute atomic E-state index is 14.3. The largest absolute Gasteiger partial charge is 0.462 e. The second-order valence-corrected chi connectivity index (χ2v) is 8.84. The van der Waals surface area contributed by atoms with Crippen LogP contribution < -0.4 is 4.74 Å². The van der Waals surface area contributed by atoms with Gasteiger partial charge in [0.2, 0.25) is 6.29 Å². The van der Waals surface area contributed by atoms with Gasteiger partial charge >= 0.3 is 0 Å². The van der Waals surface area contributed by atoms with Gasteiger partial charge in [0.1, 0.15) is 47.5 Å². The highest BCUT2D eigenvalue weighted by Gasteiger charge is 2.44. The summed E-state index contributed by atoms with van der Waals surface area (Å²) < 4.78 is 39.8. The van der Waals surface area contributed by atoms with E-state index in [9.17, 15) is 29.2 Å². The van der Waals surface area contributed by atoms with E-state index in [2.05, 4.69) is 25.3 Å². The van der Waals surface area contributed by atoms with Gasteiger partial charge in [-0.15, -0.1) is 5.11 Å². The van der Waals surface area contributed by atoms with Crippen LogP contribution in [0, 0.1) is 18.6 Å². The summed E-state index contributed by atoms with van der Waals surface area (Å²) in [5.41, 5.74) is 1.07. The zero-order chi connectivity index (χ0) is 27.7. The first-order valence-electron chi connectivity index (χ1n) is 11.9. The van der Waals surface area contributed by atoms with Crippen LogP contribution in [0.2, 0.25) is 0 Å². The van der Waals surface area contributed by atoms with Gasteiger partial charge in [-0.1, -0.05) is 12.1 Å². The number of nitrogens with zero attached hydrogens (tertiary/aromatic N) is 6. The van der Waals surface area contributed by atoms with Crippen LogP contribution in [0.4, 0.5) is 14.6 Å². The van der Waals surface area contributed by atoms with Crippen LogP contribution in [-0.2, 0) is 11.3 Å². The Balaban J connectivity index is 1.29. The van der Waals surface area contributed by atoms with Crippen LogP contribution in [0.25, 0.3) is 16.7 Å². The molecule has 0 saturated carbocycles. The van der Waals surface area contributed by atoms with Crippen LogP contribution in [0.15, 0.2) is 58.9 Å². The Kier molecular flexibility index (Phi) is 7.54. The van der Waals surface area contributed by atoms with E-state index in [1.807, 2.05) is 0 Å². The summed E-state index contributed by atoms with van der Waals surface area (Å²) in [5.74, 6) is -0.599. The number of aliphatic hydroxyl groups excluding tert-OH is 4. The molecule has 204 valence electrons. The number of azo groups is 1. The lowest BCUT2D eigenvalue weighted by Crippen LogP contribution is -2.60. The van der Waals surface area contributed by atoms with Gasteiger partial charge in [0, 0.05) is 6.07 Å². The number of aryl methyl sites for hydroxylation is 1. The Morgan fingerprint density at radius 1 is 1.03 bits per heavy atom. The van der Waals surface area contributed by atoms with E-state index in [0.29, 0.717) is 17.0 Å². The van der Waals surface area contributed by atoms with Crippen molar-refractivity contribution in [2.75, 3.05) is 6.61 Å². The number of hydrogen-bond donors (Lipinski definition) is 4. The standard InChI is InChI=1S/C25H24F2N6O6/c1-12-30-23(16-10-29-33(24(16)31-12)18-7-4-14(26)8-17(18)27)32-28-9-13-2-5-15(6-3-13)38-25-22(37)21(36)20(35)19(11-34)39-25/h2-8,10,19-22,25,34-37H,9,11H2,1H3. The van der Waals surface area contributed by atoms with Gasteiger partial charge in [-0.3, -0.25) is 0 Å². The van der Waals surface area contributed by atoms with Crippen molar-refractivity contribution in [3.63, 3.8) is 0 Å². The van der Waals surface area contributed by atoms with E-state index >= 15 is 0 Å². The molecular formula is C25H24F2N6O6. The lowest BCUT2D eigenvalue weighted by Gasteiger charge is -2.39. The number of fused-ring (bicyclic) bond motifs is 1. The fourth-order valence-electron chi connectivity index (χ4n) is 4.06. The van der Waals surface area contributed by atoms with E-state index in [0.717, 1.165) is 17.7 Å². The minimum absolute atomic E-state index is 0.0263. The topological polar surface area (TPSA) is 168 Å². The smallest absolute Gasteiger partial charge is 0.229 e. The third-order valence-electron chi connectivity index (χ3n) is 6.10. The van der Waals surface area contributed by atoms with Crippen molar-refractivity contribution in [3.8, 4) is 11.4 Å². The molecule has 1 aliphatic rings. The number of aliphatic hydroxyl groups is 4. The molecule has 4 N–H and O–H groups in total. The summed E-state index contributed by atoms with van der Waals surface area (Å²) in [5, 5.41) is 52.2. The van der Waals surface area contributed by atoms with Crippen molar-refractivity contribution >= 4 is 16.9 Å². The van der Waals surface area contributed by atoms with Crippen molar-refractivity contribution in [1.82, 2.24) is 19.7 Å². The maximum atomic E-state index is 14.3. The van der Waals surface area contributed by atoms with Crippen molar-refractivity contribution in [1.29, 1.82) is 0 Å². The molecule has 2 aromatic heterocycles. The Morgan fingerprint density at radius 2 is 1.79 bits per heavy atom. The van der Waals surface area contributed by atoms with Crippen LogP contribution in [-0.4, -0.2) is 77.5 Å². The van der Waals surface area contributed by atoms with Crippen LogP contribution in [0.1, 0.15) is 11.4 Å². The molecule has 14 heteroatoms. The Morgan fingerprint density at radius 3 is 2.51 bits per heavy atom. The van der Waals surface area contributed by atoms with E-state index in [1.54, 1.807) is 31.2 Å². The lowest BCUT2D eigenvalue weighted by molar-refractivity contribution is -0.277. The third kappa shape index (κ3) is 5.46. The second-order valence-electron chi connectivity index (χ2n) is 8.84. The molecule has 0 amide bonds. The van der Waals surface area contributed by atoms with E-state index < -0.39 is 48.9 Å². The van der Waals surface area contributed by atoms with Crippen molar-refractivity contribution in [2.24, 2.45) is 10.2 Å². The van der Waals surface area contributed by atoms with Crippen LogP contribution in [0.5, 0.6) is 5.75 Å². The number of hydrogen-bond acceptors (Lipinski definition) is 11. The predicted molar refractivity (Wildman–Crippen MR) is 130 cm³/mol. The van der Waals surface area contributed by atoms with Gasteiger partial charge in [0.05, 0.1) is 24.7 Å². The molecule has 5 unspecified atom stereocenters. The van der Waals surface area contributed by atoms with Gasteiger partial charge in [0.15, 0.2) is 17.3 Å². The zero-order valence-corrected chi connectivity index (χ0v) is 20.5. The zero-order valence-electron chi connectivity index (χ0n) is 20.5. The first kappa shape index (κ1) is 26.6. The molecule has 1 saturated heterocycles. The van der Waals surface area contributed by atoms with Crippen molar-refractivity contribution < 1.29 is 38.7 Å². The molecule has 0 spiro atoms. The molecule has 2 aromatic carbocycles. The molecule has 0 aliphatic carbocycles. The van der Waals surface area contributed by atoms with Crippen LogP contribution >= 0.6 is 0 Å². The number of rotatable bonds is 7. The molecule has 4 aromatic rings. The molecule has 0 bridgehead atoms. The molecule has 0 radical (unpaired) electrons. The van der Waals surface area contributed by atoms with Crippen molar-refractivity contribution in [3.05, 3.63) is 71.7 Å². The fraction of sp³-hybridized carbons (Fsp3) is 0.320. The summed E-state index contributed by atoms with van der Waals surface area (Å²) in [6, 6.07) is 9.75. The predicted octanol–water partition coefficient (Wildman–Crippen LogP) is 1.86. The number of ether oxygens (including phenoxy) is 2. The molecule has 1 aliphatic heterocycles. The van der Waals surface area contributed by atoms with Gasteiger partial charge in [-0.25, -0.2) is 23.4 Å². The molecule has 39 heavy (non-hydrogen) atoms. The molecule has 3 heterocycles. The lowest BCUT2D eigenvalue weighted by atomic mass is 9.99. The van der Waals surface area contributed by atoms with E-state index in [1.165, 1.54) is 16.9 Å². The highest BCUT2D eigenvalue weighted by Crippen LogP contribution is 2.27. The normalized spacial score (nSPS) is 23.5. The minimum Gasteiger partial charge on any atom is -0.462 e. The molecule has 5 rings (SSSR count). The highest BCUT2D eigenvalue weighted by atomic mass is 19.1. The Hall–Kier alpha value is -3.95. The molecular weight excluding hydrogens is 518 g/mol. The summed E-state index contributed by atoms with van der Waals surface area (Å²) in [6.07, 6.45) is -5.48. The second kappa shape index (κ2) is 11.0. The number of aromatic nitrogens is 4. The molecule has 1 fully saturated rings. The average Bonchev–Trinajstić information content (AvgIpc) is 3.33. The van der Waals surface area contributed by atoms with Gasteiger partial charge in [-0.05, 0) is 36.8 Å². The third-order valence-corrected chi connectivity index (χ3v) is 6.10. The van der Waals surface area contributed by atoms with E-state index in [-0.39, 0.29) is 23.7 Å². The summed E-state index contributed by atoms with van der Waals surface area (Å²) in [4.78, 5) is 8.62. The summed E-state index contributed by atoms with van der Waals surface area (Å²) in [6.45, 7) is 1.26. The minimum atomic E-state index is -1.54. The maximum Gasteiger partial charge on any atom is 0.229 e. The fourth-order valence-corrected chi connectivity index (χ4v) is 4.06. The monoisotopic (exact) mass is 542 g/mol. The average molecular weight is 542 g/mol. The van der Waals surface area contributed by atoms with Crippen molar-refractivity contribution in [2.45, 2.75) is 44.2 Å². The molecule has 5 atom stereocenters. The summed E-state index contributed by atoms with van der Waals surface area (Å²) in [7, 11) is 0. The number of benzene rings is 2. The van der Waals surface area contributed by atoms with Gasteiger partial charge < -0.3 is 29.9 Å². The highest BCUT2D eigenvalue weighted by molar-refractivity contribution is 5.85.